The van der Waals surface area contributed by atoms with Gasteiger partial charge in [-0.15, -0.1) is 0 Å². The molecule has 0 radical (unpaired) electrons. The number of aromatic nitrogens is 2. The Balaban J connectivity index is 1.94. The van der Waals surface area contributed by atoms with Crippen molar-refractivity contribution in [3.63, 3.8) is 0 Å². The van der Waals surface area contributed by atoms with Crippen LogP contribution in [0.25, 0.3) is 16.5 Å². The minimum atomic E-state index is 0.136. The van der Waals surface area contributed by atoms with Crippen LogP contribution in [0.5, 0.6) is 0 Å². The second kappa shape index (κ2) is 4.29. The summed E-state index contributed by atoms with van der Waals surface area (Å²) < 4.78 is 0. The molecule has 1 aliphatic rings. The molecule has 0 saturated heterocycles. The number of amides is 1. The van der Waals surface area contributed by atoms with E-state index in [1.807, 2.05) is 23.1 Å². The number of para-hydroxylation sites is 1. The lowest BCUT2D eigenvalue weighted by Crippen LogP contribution is -2.32. The van der Waals surface area contributed by atoms with Gasteiger partial charge in [0.2, 0.25) is 5.91 Å². The van der Waals surface area contributed by atoms with Gasteiger partial charge in [-0.3, -0.25) is 9.89 Å². The molecule has 4 nitrogen and oxygen atoms in total. The van der Waals surface area contributed by atoms with Crippen molar-refractivity contribution in [1.82, 2.24) is 15.1 Å². The van der Waals surface area contributed by atoms with Crippen molar-refractivity contribution >= 4 is 22.4 Å². The highest BCUT2D eigenvalue weighted by Gasteiger charge is 2.17. The standard InChI is InChI=1S/C14H15N3O/c1-10(18)17-8-6-11(7-9-17)14-12-4-2-3-5-13(12)15-16-14/h2-6H,7-9H2,1H3,(H,15,16). The lowest BCUT2D eigenvalue weighted by Gasteiger charge is -2.24. The molecule has 0 atom stereocenters. The number of fused-ring (bicyclic) bond motifs is 1. The molecule has 3 rings (SSSR count). The van der Waals surface area contributed by atoms with Crippen molar-refractivity contribution in [2.24, 2.45) is 0 Å². The van der Waals surface area contributed by atoms with Gasteiger partial charge in [0, 0.05) is 25.4 Å². The topological polar surface area (TPSA) is 49.0 Å². The van der Waals surface area contributed by atoms with Gasteiger partial charge < -0.3 is 4.90 Å². The van der Waals surface area contributed by atoms with E-state index in [0.29, 0.717) is 6.54 Å². The number of nitrogens with zero attached hydrogens (tertiary/aromatic N) is 2. The van der Waals surface area contributed by atoms with Crippen LogP contribution in [0.3, 0.4) is 0 Å². The summed E-state index contributed by atoms with van der Waals surface area (Å²) in [6.45, 7) is 3.08. The zero-order valence-corrected chi connectivity index (χ0v) is 10.3. The maximum absolute atomic E-state index is 11.3. The van der Waals surface area contributed by atoms with E-state index >= 15 is 0 Å². The molecule has 92 valence electrons. The van der Waals surface area contributed by atoms with Gasteiger partial charge in [0.25, 0.3) is 0 Å². The van der Waals surface area contributed by atoms with E-state index in [1.54, 1.807) is 6.92 Å². The smallest absolute Gasteiger partial charge is 0.219 e. The zero-order valence-electron chi connectivity index (χ0n) is 10.3. The molecule has 2 aromatic rings. The summed E-state index contributed by atoms with van der Waals surface area (Å²) >= 11 is 0. The molecule has 1 amide bonds. The summed E-state index contributed by atoms with van der Waals surface area (Å²) in [6.07, 6.45) is 2.97. The fourth-order valence-corrected chi connectivity index (χ4v) is 2.38. The number of rotatable bonds is 1. The van der Waals surface area contributed by atoms with Crippen molar-refractivity contribution in [1.29, 1.82) is 0 Å². The summed E-state index contributed by atoms with van der Waals surface area (Å²) in [5.74, 6) is 0.136. The number of H-pyrrole nitrogens is 1. The van der Waals surface area contributed by atoms with Crippen LogP contribution in [0.2, 0.25) is 0 Å². The lowest BCUT2D eigenvalue weighted by molar-refractivity contribution is -0.128. The number of hydrogen-bond acceptors (Lipinski definition) is 2. The molecule has 1 aromatic carbocycles. The van der Waals surface area contributed by atoms with E-state index < -0.39 is 0 Å². The van der Waals surface area contributed by atoms with E-state index in [0.717, 1.165) is 29.6 Å². The minimum absolute atomic E-state index is 0.136. The molecule has 0 saturated carbocycles. The van der Waals surface area contributed by atoms with E-state index in [9.17, 15) is 4.79 Å². The molecular weight excluding hydrogens is 226 g/mol. The molecule has 0 spiro atoms. The van der Waals surface area contributed by atoms with Crippen molar-refractivity contribution < 1.29 is 4.79 Å². The SMILES string of the molecule is CC(=O)N1CC=C(c2n[nH]c3ccccc23)CC1. The van der Waals surface area contributed by atoms with Crippen molar-refractivity contribution in [3.05, 3.63) is 36.0 Å². The highest BCUT2D eigenvalue weighted by molar-refractivity contribution is 5.90. The molecule has 2 heterocycles. The van der Waals surface area contributed by atoms with Gasteiger partial charge in [-0.25, -0.2) is 0 Å². The van der Waals surface area contributed by atoms with Gasteiger partial charge >= 0.3 is 0 Å². The highest BCUT2D eigenvalue weighted by Crippen LogP contribution is 2.26. The molecule has 4 heteroatoms. The van der Waals surface area contributed by atoms with Gasteiger partial charge in [-0.2, -0.15) is 5.10 Å². The minimum Gasteiger partial charge on any atom is -0.339 e. The predicted octanol–water partition coefficient (Wildman–Crippen LogP) is 2.20. The van der Waals surface area contributed by atoms with Crippen LogP contribution in [0.1, 0.15) is 19.0 Å². The first-order valence-corrected chi connectivity index (χ1v) is 6.14. The third-order valence-electron chi connectivity index (χ3n) is 3.43. The third kappa shape index (κ3) is 1.79. The fraction of sp³-hybridized carbons (Fsp3) is 0.286. The number of hydrogen-bond donors (Lipinski definition) is 1. The molecule has 0 fully saturated rings. The molecule has 1 aliphatic heterocycles. The first-order valence-electron chi connectivity index (χ1n) is 6.14. The number of aromatic amines is 1. The molecule has 18 heavy (non-hydrogen) atoms. The van der Waals surface area contributed by atoms with Gasteiger partial charge in [-0.1, -0.05) is 24.3 Å². The maximum atomic E-state index is 11.3. The Morgan fingerprint density at radius 2 is 2.22 bits per heavy atom. The summed E-state index contributed by atoms with van der Waals surface area (Å²) in [5, 5.41) is 8.59. The fourth-order valence-electron chi connectivity index (χ4n) is 2.38. The Kier molecular flexibility index (Phi) is 2.63. The molecule has 0 unspecified atom stereocenters. The lowest BCUT2D eigenvalue weighted by atomic mass is 10.0. The first kappa shape index (κ1) is 11.0. The van der Waals surface area contributed by atoms with Crippen LogP contribution in [0.4, 0.5) is 0 Å². The second-order valence-corrected chi connectivity index (χ2v) is 4.56. The van der Waals surface area contributed by atoms with Crippen LogP contribution in [0, 0.1) is 0 Å². The first-order chi connectivity index (χ1) is 8.75. The van der Waals surface area contributed by atoms with Crippen LogP contribution in [0.15, 0.2) is 30.3 Å². The number of carbonyl (C=O) groups excluding carboxylic acids is 1. The third-order valence-corrected chi connectivity index (χ3v) is 3.43. The van der Waals surface area contributed by atoms with Crippen LogP contribution in [-0.2, 0) is 4.79 Å². The van der Waals surface area contributed by atoms with Gasteiger partial charge in [0.05, 0.1) is 11.2 Å². The van der Waals surface area contributed by atoms with Crippen molar-refractivity contribution in [2.45, 2.75) is 13.3 Å². The van der Waals surface area contributed by atoms with Crippen molar-refractivity contribution in [2.75, 3.05) is 13.1 Å². The largest absolute Gasteiger partial charge is 0.339 e. The average molecular weight is 241 g/mol. The molecule has 0 bridgehead atoms. The Morgan fingerprint density at radius 3 is 2.94 bits per heavy atom. The second-order valence-electron chi connectivity index (χ2n) is 4.56. The Hall–Kier alpha value is -2.10. The number of carbonyl (C=O) groups is 1. The van der Waals surface area contributed by atoms with Gasteiger partial charge in [0.1, 0.15) is 0 Å². The van der Waals surface area contributed by atoms with Crippen molar-refractivity contribution in [3.8, 4) is 0 Å². The van der Waals surface area contributed by atoms with Crippen LogP contribution >= 0.6 is 0 Å². The van der Waals surface area contributed by atoms with E-state index in [2.05, 4.69) is 22.3 Å². The Bertz CT molecular complexity index is 627. The summed E-state index contributed by atoms with van der Waals surface area (Å²) in [7, 11) is 0. The monoisotopic (exact) mass is 241 g/mol. The molecule has 1 aromatic heterocycles. The van der Waals surface area contributed by atoms with E-state index in [4.69, 9.17) is 0 Å². The quantitative estimate of drug-likeness (QED) is 0.832. The normalized spacial score (nSPS) is 15.8. The Labute approximate surface area is 105 Å². The number of benzene rings is 1. The van der Waals surface area contributed by atoms with Gasteiger partial charge in [-0.05, 0) is 18.1 Å². The predicted molar refractivity (Wildman–Crippen MR) is 70.9 cm³/mol. The summed E-state index contributed by atoms with van der Waals surface area (Å²) in [4.78, 5) is 13.1. The maximum Gasteiger partial charge on any atom is 0.219 e. The van der Waals surface area contributed by atoms with Crippen LogP contribution in [-0.4, -0.2) is 34.1 Å². The van der Waals surface area contributed by atoms with Gasteiger partial charge in [0.15, 0.2) is 0 Å². The number of nitrogens with one attached hydrogen (secondary N) is 1. The molecular formula is C14H15N3O. The molecule has 1 N–H and O–H groups in total. The summed E-state index contributed by atoms with van der Waals surface area (Å²) in [5.41, 5.74) is 3.31. The Morgan fingerprint density at radius 1 is 1.39 bits per heavy atom. The van der Waals surface area contributed by atoms with E-state index in [1.165, 1.54) is 5.57 Å². The van der Waals surface area contributed by atoms with E-state index in [-0.39, 0.29) is 5.91 Å². The average Bonchev–Trinajstić information content (AvgIpc) is 2.82. The highest BCUT2D eigenvalue weighted by atomic mass is 16.2. The zero-order chi connectivity index (χ0) is 12.5. The molecule has 0 aliphatic carbocycles. The summed E-state index contributed by atoms with van der Waals surface area (Å²) in [6, 6.07) is 8.12. The van der Waals surface area contributed by atoms with Crippen LogP contribution < -0.4 is 0 Å².